The lowest BCUT2D eigenvalue weighted by molar-refractivity contribution is -0.123. The molecule has 1 unspecified atom stereocenters. The first kappa shape index (κ1) is 13.1. The van der Waals surface area contributed by atoms with Crippen molar-refractivity contribution < 1.29 is 9.59 Å². The van der Waals surface area contributed by atoms with E-state index in [1.54, 1.807) is 18.8 Å². The first-order valence-electron chi connectivity index (χ1n) is 4.13. The van der Waals surface area contributed by atoms with Gasteiger partial charge in [-0.3, -0.25) is 10.2 Å². The van der Waals surface area contributed by atoms with Crippen molar-refractivity contribution in [1.82, 2.24) is 16.2 Å². The monoisotopic (exact) mass is 220 g/mol. The third-order valence-corrected chi connectivity index (χ3v) is 2.23. The highest BCUT2D eigenvalue weighted by molar-refractivity contribution is 7.98. The number of urea groups is 1. The van der Waals surface area contributed by atoms with Crippen molar-refractivity contribution in [1.29, 1.82) is 0 Å². The Kier molecular flexibility index (Phi) is 6.95. The maximum absolute atomic E-state index is 11.3. The second kappa shape index (κ2) is 7.45. The van der Waals surface area contributed by atoms with Crippen LogP contribution < -0.4 is 21.9 Å². The fourth-order valence-corrected chi connectivity index (χ4v) is 1.32. The second-order valence-corrected chi connectivity index (χ2v) is 3.59. The molecule has 0 aromatic carbocycles. The van der Waals surface area contributed by atoms with Gasteiger partial charge in [-0.2, -0.15) is 11.8 Å². The number of carbonyl (C=O) groups is 2. The highest BCUT2D eigenvalue weighted by Crippen LogP contribution is 1.99. The number of likely N-dealkylation sites (N-methyl/N-ethyl adjacent to an activating group) is 1. The number of hydrogen-bond acceptors (Lipinski definition) is 4. The van der Waals surface area contributed by atoms with E-state index in [0.29, 0.717) is 6.42 Å². The summed E-state index contributed by atoms with van der Waals surface area (Å²) >= 11 is 1.66. The van der Waals surface area contributed by atoms with Gasteiger partial charge in [-0.15, -0.1) is 0 Å². The summed E-state index contributed by atoms with van der Waals surface area (Å²) in [5.41, 5.74) is 9.03. The van der Waals surface area contributed by atoms with Crippen LogP contribution in [0.3, 0.4) is 0 Å². The average molecular weight is 220 g/mol. The Bertz CT molecular complexity index is 200. The van der Waals surface area contributed by atoms with Gasteiger partial charge in [-0.05, 0) is 25.5 Å². The highest BCUT2D eigenvalue weighted by atomic mass is 32.2. The van der Waals surface area contributed by atoms with Crippen LogP contribution in [0.1, 0.15) is 6.42 Å². The number of nitrogens with one attached hydrogen (secondary N) is 3. The highest BCUT2D eigenvalue weighted by Gasteiger charge is 2.15. The summed E-state index contributed by atoms with van der Waals surface area (Å²) in [6, 6.07) is -1.09. The molecule has 0 bridgehead atoms. The molecule has 0 aliphatic carbocycles. The van der Waals surface area contributed by atoms with E-state index < -0.39 is 6.03 Å². The summed E-state index contributed by atoms with van der Waals surface area (Å²) in [5, 5.41) is 2.84. The molecule has 0 aromatic heterocycles. The van der Waals surface area contributed by atoms with E-state index in [-0.39, 0.29) is 11.9 Å². The van der Waals surface area contributed by atoms with Crippen molar-refractivity contribution >= 4 is 23.7 Å². The topological polar surface area (TPSA) is 96.2 Å². The van der Waals surface area contributed by atoms with Crippen molar-refractivity contribution in [3.05, 3.63) is 0 Å². The number of thioether (sulfide) groups is 1. The van der Waals surface area contributed by atoms with Crippen LogP contribution in [0.15, 0.2) is 0 Å². The fourth-order valence-electron chi connectivity index (χ4n) is 0.853. The number of nitrogens with two attached hydrogens (primary N) is 1. The van der Waals surface area contributed by atoms with E-state index in [2.05, 4.69) is 10.7 Å². The number of carbonyl (C=O) groups excluding carboxylic acids is 2. The summed E-state index contributed by atoms with van der Waals surface area (Å²) in [6.45, 7) is 0. The van der Waals surface area contributed by atoms with E-state index in [9.17, 15) is 9.59 Å². The fraction of sp³-hybridized carbons (Fsp3) is 0.714. The minimum absolute atomic E-state index is 0.291. The molecule has 14 heavy (non-hydrogen) atoms. The summed E-state index contributed by atoms with van der Waals surface area (Å²) in [6.07, 6.45) is 2.66. The zero-order valence-electron chi connectivity index (χ0n) is 8.29. The van der Waals surface area contributed by atoms with Gasteiger partial charge in [0.05, 0.1) is 6.04 Å². The molecule has 3 amide bonds. The zero-order chi connectivity index (χ0) is 11.0. The molecular weight excluding hydrogens is 204 g/mol. The van der Waals surface area contributed by atoms with Gasteiger partial charge in [-0.1, -0.05) is 0 Å². The third-order valence-electron chi connectivity index (χ3n) is 1.58. The molecule has 0 fully saturated rings. The molecule has 0 aromatic rings. The van der Waals surface area contributed by atoms with Crippen LogP contribution in [0, 0.1) is 0 Å². The van der Waals surface area contributed by atoms with Crippen molar-refractivity contribution in [2.75, 3.05) is 19.1 Å². The van der Waals surface area contributed by atoms with Gasteiger partial charge in [0.2, 0.25) is 0 Å². The second-order valence-electron chi connectivity index (χ2n) is 2.60. The first-order chi connectivity index (χ1) is 6.61. The largest absolute Gasteiger partial charge is 0.350 e. The average Bonchev–Trinajstić information content (AvgIpc) is 2.16. The Morgan fingerprint density at radius 2 is 2.07 bits per heavy atom. The molecule has 0 aliphatic rings. The number of amides is 3. The van der Waals surface area contributed by atoms with Crippen LogP contribution in [-0.2, 0) is 4.79 Å². The molecule has 0 radical (unpaired) electrons. The quantitative estimate of drug-likeness (QED) is 0.448. The summed E-state index contributed by atoms with van der Waals surface area (Å²) < 4.78 is 0. The third kappa shape index (κ3) is 5.65. The standard InChI is InChI=1S/C7H16N4O2S/c1-9-5(3-4-14-2)6(12)10-11-7(8)13/h5,9H,3-4H2,1-2H3,(H,10,12)(H3,8,11,13). The van der Waals surface area contributed by atoms with Crippen molar-refractivity contribution in [3.8, 4) is 0 Å². The van der Waals surface area contributed by atoms with Gasteiger partial charge in [-0.25, -0.2) is 10.2 Å². The maximum Gasteiger partial charge on any atom is 0.330 e. The van der Waals surface area contributed by atoms with E-state index in [0.717, 1.165) is 5.75 Å². The number of rotatable bonds is 5. The van der Waals surface area contributed by atoms with Crippen LogP contribution in [0.4, 0.5) is 4.79 Å². The molecule has 5 N–H and O–H groups in total. The Hall–Kier alpha value is -0.950. The molecule has 0 heterocycles. The summed E-state index contributed by atoms with van der Waals surface area (Å²) in [4.78, 5) is 21.6. The predicted molar refractivity (Wildman–Crippen MR) is 56.7 cm³/mol. The van der Waals surface area contributed by atoms with Crippen LogP contribution in [0.5, 0.6) is 0 Å². The molecule has 0 spiro atoms. The van der Waals surface area contributed by atoms with Crippen molar-refractivity contribution in [3.63, 3.8) is 0 Å². The molecule has 0 aliphatic heterocycles. The Morgan fingerprint density at radius 1 is 1.43 bits per heavy atom. The van der Waals surface area contributed by atoms with E-state index in [1.807, 2.05) is 11.7 Å². The van der Waals surface area contributed by atoms with Crippen LogP contribution in [-0.4, -0.2) is 37.0 Å². The van der Waals surface area contributed by atoms with Crippen LogP contribution in [0.2, 0.25) is 0 Å². The van der Waals surface area contributed by atoms with Gasteiger partial charge in [0.15, 0.2) is 0 Å². The molecule has 7 heteroatoms. The molecule has 6 nitrogen and oxygen atoms in total. The maximum atomic E-state index is 11.3. The normalized spacial score (nSPS) is 11.9. The molecule has 0 saturated heterocycles. The zero-order valence-corrected chi connectivity index (χ0v) is 9.11. The molecule has 0 rings (SSSR count). The van der Waals surface area contributed by atoms with E-state index >= 15 is 0 Å². The molecule has 1 atom stereocenters. The Morgan fingerprint density at radius 3 is 2.50 bits per heavy atom. The summed E-state index contributed by atoms with van der Waals surface area (Å²) in [7, 11) is 1.69. The smallest absolute Gasteiger partial charge is 0.330 e. The van der Waals surface area contributed by atoms with Gasteiger partial charge in [0.25, 0.3) is 5.91 Å². The van der Waals surface area contributed by atoms with E-state index in [1.165, 1.54) is 0 Å². The molecular formula is C7H16N4O2S. The number of hydrazine groups is 1. The van der Waals surface area contributed by atoms with Gasteiger partial charge >= 0.3 is 6.03 Å². The van der Waals surface area contributed by atoms with E-state index in [4.69, 9.17) is 5.73 Å². The van der Waals surface area contributed by atoms with Crippen LogP contribution in [0.25, 0.3) is 0 Å². The Labute approximate surface area is 87.3 Å². The van der Waals surface area contributed by atoms with Gasteiger partial charge < -0.3 is 11.1 Å². The summed E-state index contributed by atoms with van der Waals surface area (Å²) in [5.74, 6) is 0.579. The predicted octanol–water partition coefficient (Wildman–Crippen LogP) is -0.973. The Balaban J connectivity index is 3.85. The van der Waals surface area contributed by atoms with Gasteiger partial charge in [0.1, 0.15) is 0 Å². The lowest BCUT2D eigenvalue weighted by Gasteiger charge is -2.14. The first-order valence-corrected chi connectivity index (χ1v) is 5.52. The minimum Gasteiger partial charge on any atom is -0.350 e. The van der Waals surface area contributed by atoms with Crippen molar-refractivity contribution in [2.45, 2.75) is 12.5 Å². The van der Waals surface area contributed by atoms with Crippen LogP contribution >= 0.6 is 11.8 Å². The SMILES string of the molecule is CNC(CCSC)C(=O)NNC(N)=O. The number of hydrogen-bond donors (Lipinski definition) is 4. The lowest BCUT2D eigenvalue weighted by Crippen LogP contribution is -2.51. The lowest BCUT2D eigenvalue weighted by atomic mass is 10.2. The van der Waals surface area contributed by atoms with Gasteiger partial charge in [0, 0.05) is 0 Å². The number of primary amides is 1. The van der Waals surface area contributed by atoms with Crippen molar-refractivity contribution in [2.24, 2.45) is 5.73 Å². The minimum atomic E-state index is -0.780. The molecule has 82 valence electrons. The molecule has 0 saturated carbocycles.